The summed E-state index contributed by atoms with van der Waals surface area (Å²) in [5.74, 6) is -0.232. The van der Waals surface area contributed by atoms with E-state index in [4.69, 9.17) is 5.73 Å². The largest absolute Gasteiger partial charge is 0.375 e. The Hall–Kier alpha value is -1.63. The minimum Gasteiger partial charge on any atom is -0.375 e. The van der Waals surface area contributed by atoms with Crippen molar-refractivity contribution in [2.24, 2.45) is 0 Å². The molecule has 1 aromatic heterocycles. The standard InChI is InChI=1S/C9H12N4O2S/c1-9(2)6(14)13(8(15)12-9)4-5-3-11-7(10)16-5/h3H,4H2,1-2H3,(H2,10,11)(H,12,15). The van der Waals surface area contributed by atoms with Gasteiger partial charge in [-0.05, 0) is 13.8 Å². The molecule has 0 aliphatic carbocycles. The number of nitrogens with two attached hydrogens (primary N) is 1. The average molecular weight is 240 g/mol. The molecular formula is C9H12N4O2S. The molecule has 1 aliphatic rings. The van der Waals surface area contributed by atoms with Crippen LogP contribution in [0.5, 0.6) is 0 Å². The van der Waals surface area contributed by atoms with Crippen LogP contribution in [0.2, 0.25) is 0 Å². The lowest BCUT2D eigenvalue weighted by molar-refractivity contribution is -0.130. The second-order valence-electron chi connectivity index (χ2n) is 4.11. The number of amides is 3. The van der Waals surface area contributed by atoms with Crippen molar-refractivity contribution in [3.63, 3.8) is 0 Å². The summed E-state index contributed by atoms with van der Waals surface area (Å²) in [6.07, 6.45) is 1.58. The zero-order chi connectivity index (χ0) is 11.9. The van der Waals surface area contributed by atoms with E-state index in [0.29, 0.717) is 5.13 Å². The van der Waals surface area contributed by atoms with E-state index < -0.39 is 5.54 Å². The summed E-state index contributed by atoms with van der Waals surface area (Å²) in [5.41, 5.74) is 4.65. The van der Waals surface area contributed by atoms with E-state index in [-0.39, 0.29) is 18.5 Å². The molecule has 1 aromatic rings. The van der Waals surface area contributed by atoms with E-state index in [0.717, 1.165) is 4.88 Å². The summed E-state index contributed by atoms with van der Waals surface area (Å²) in [4.78, 5) is 29.2. The Morgan fingerprint density at radius 3 is 2.69 bits per heavy atom. The highest BCUT2D eigenvalue weighted by molar-refractivity contribution is 7.15. The van der Waals surface area contributed by atoms with Crippen LogP contribution in [-0.2, 0) is 11.3 Å². The van der Waals surface area contributed by atoms with Gasteiger partial charge in [-0.15, -0.1) is 11.3 Å². The Bertz CT molecular complexity index is 454. The van der Waals surface area contributed by atoms with Crippen LogP contribution in [0.3, 0.4) is 0 Å². The molecule has 6 nitrogen and oxygen atoms in total. The van der Waals surface area contributed by atoms with Crippen LogP contribution >= 0.6 is 11.3 Å². The van der Waals surface area contributed by atoms with Crippen molar-refractivity contribution in [1.82, 2.24) is 15.2 Å². The van der Waals surface area contributed by atoms with Crippen LogP contribution in [0, 0.1) is 0 Å². The van der Waals surface area contributed by atoms with Crippen molar-refractivity contribution >= 4 is 28.4 Å². The van der Waals surface area contributed by atoms with Crippen LogP contribution in [0.25, 0.3) is 0 Å². The molecule has 1 aliphatic heterocycles. The Kier molecular flexibility index (Phi) is 2.34. The fourth-order valence-electron chi connectivity index (χ4n) is 1.51. The number of carbonyl (C=O) groups excluding carboxylic acids is 2. The molecule has 7 heteroatoms. The van der Waals surface area contributed by atoms with Gasteiger partial charge in [0.15, 0.2) is 5.13 Å². The summed E-state index contributed by atoms with van der Waals surface area (Å²) in [5, 5.41) is 3.04. The molecule has 0 saturated carbocycles. The molecule has 0 aromatic carbocycles. The van der Waals surface area contributed by atoms with Crippen LogP contribution in [0.15, 0.2) is 6.20 Å². The second-order valence-corrected chi connectivity index (χ2v) is 5.26. The lowest BCUT2D eigenvalue weighted by Gasteiger charge is -2.14. The van der Waals surface area contributed by atoms with Crippen molar-refractivity contribution in [2.75, 3.05) is 5.73 Å². The first-order valence-electron chi connectivity index (χ1n) is 4.74. The Balaban J connectivity index is 2.17. The molecule has 86 valence electrons. The smallest absolute Gasteiger partial charge is 0.325 e. The zero-order valence-electron chi connectivity index (χ0n) is 8.98. The molecule has 0 bridgehead atoms. The number of hydrogen-bond acceptors (Lipinski definition) is 5. The number of carbonyl (C=O) groups is 2. The Morgan fingerprint density at radius 1 is 1.56 bits per heavy atom. The first-order valence-corrected chi connectivity index (χ1v) is 5.56. The number of imide groups is 1. The number of nitrogen functional groups attached to an aromatic ring is 1. The molecule has 1 saturated heterocycles. The van der Waals surface area contributed by atoms with E-state index in [2.05, 4.69) is 10.3 Å². The molecule has 1 fully saturated rings. The zero-order valence-corrected chi connectivity index (χ0v) is 9.80. The molecular weight excluding hydrogens is 228 g/mol. The summed E-state index contributed by atoms with van der Waals surface area (Å²) in [7, 11) is 0. The molecule has 0 radical (unpaired) electrons. The van der Waals surface area contributed by atoms with Gasteiger partial charge in [0.25, 0.3) is 5.91 Å². The maximum atomic E-state index is 11.8. The predicted molar refractivity (Wildman–Crippen MR) is 59.7 cm³/mol. The number of hydrogen-bond donors (Lipinski definition) is 2. The number of anilines is 1. The third kappa shape index (κ3) is 1.73. The number of nitrogens with zero attached hydrogens (tertiary/aromatic N) is 2. The van der Waals surface area contributed by atoms with Crippen molar-refractivity contribution in [2.45, 2.75) is 25.9 Å². The van der Waals surface area contributed by atoms with E-state index >= 15 is 0 Å². The maximum absolute atomic E-state index is 11.8. The summed E-state index contributed by atoms with van der Waals surface area (Å²) >= 11 is 1.27. The first-order chi connectivity index (χ1) is 7.40. The molecule has 2 heterocycles. The van der Waals surface area contributed by atoms with Crippen LogP contribution < -0.4 is 11.1 Å². The number of aromatic nitrogens is 1. The van der Waals surface area contributed by atoms with Crippen molar-refractivity contribution < 1.29 is 9.59 Å². The highest BCUT2D eigenvalue weighted by Gasteiger charge is 2.44. The van der Waals surface area contributed by atoms with Gasteiger partial charge in [-0.3, -0.25) is 9.69 Å². The van der Waals surface area contributed by atoms with Gasteiger partial charge in [-0.2, -0.15) is 0 Å². The second kappa shape index (κ2) is 3.44. The lowest BCUT2D eigenvalue weighted by atomic mass is 10.1. The third-order valence-corrected chi connectivity index (χ3v) is 3.14. The summed E-state index contributed by atoms with van der Waals surface area (Å²) in [6.45, 7) is 3.57. The van der Waals surface area contributed by atoms with Crippen molar-refractivity contribution in [1.29, 1.82) is 0 Å². The van der Waals surface area contributed by atoms with Crippen molar-refractivity contribution in [3.8, 4) is 0 Å². The number of urea groups is 1. The van der Waals surface area contributed by atoms with Crippen LogP contribution in [0.4, 0.5) is 9.93 Å². The summed E-state index contributed by atoms with van der Waals surface area (Å²) in [6, 6.07) is -0.373. The van der Waals surface area contributed by atoms with Crippen LogP contribution in [0.1, 0.15) is 18.7 Å². The Labute approximate surface area is 96.4 Å². The van der Waals surface area contributed by atoms with Crippen LogP contribution in [-0.4, -0.2) is 27.4 Å². The number of rotatable bonds is 2. The Morgan fingerprint density at radius 2 is 2.25 bits per heavy atom. The topological polar surface area (TPSA) is 88.3 Å². The minimum atomic E-state index is -0.826. The minimum absolute atomic E-state index is 0.225. The van der Waals surface area contributed by atoms with E-state index in [1.165, 1.54) is 16.2 Å². The number of nitrogens with one attached hydrogen (secondary N) is 1. The normalized spacial score (nSPS) is 19.0. The summed E-state index contributed by atoms with van der Waals surface area (Å²) < 4.78 is 0. The van der Waals surface area contributed by atoms with E-state index in [1.807, 2.05) is 0 Å². The van der Waals surface area contributed by atoms with Gasteiger partial charge >= 0.3 is 6.03 Å². The first kappa shape index (κ1) is 10.9. The molecule has 16 heavy (non-hydrogen) atoms. The molecule has 3 amide bonds. The fourth-order valence-corrected chi connectivity index (χ4v) is 2.19. The van der Waals surface area contributed by atoms with Gasteiger partial charge in [0.2, 0.25) is 0 Å². The quantitative estimate of drug-likeness (QED) is 0.739. The third-order valence-electron chi connectivity index (χ3n) is 2.33. The fraction of sp³-hybridized carbons (Fsp3) is 0.444. The monoisotopic (exact) mass is 240 g/mol. The van der Waals surface area contributed by atoms with Crippen molar-refractivity contribution in [3.05, 3.63) is 11.1 Å². The highest BCUT2D eigenvalue weighted by atomic mass is 32.1. The van der Waals surface area contributed by atoms with Gasteiger partial charge in [-0.1, -0.05) is 0 Å². The highest BCUT2D eigenvalue weighted by Crippen LogP contribution is 2.22. The molecule has 0 spiro atoms. The SMILES string of the molecule is CC1(C)NC(=O)N(Cc2cnc(N)s2)C1=O. The van der Waals surface area contributed by atoms with Gasteiger partial charge in [-0.25, -0.2) is 9.78 Å². The van der Waals surface area contributed by atoms with Gasteiger partial charge < -0.3 is 11.1 Å². The van der Waals surface area contributed by atoms with Gasteiger partial charge in [0.1, 0.15) is 5.54 Å². The van der Waals surface area contributed by atoms with Gasteiger partial charge in [0, 0.05) is 11.1 Å². The average Bonchev–Trinajstić information content (AvgIpc) is 2.65. The van der Waals surface area contributed by atoms with E-state index in [9.17, 15) is 9.59 Å². The molecule has 0 atom stereocenters. The molecule has 3 N–H and O–H groups in total. The van der Waals surface area contributed by atoms with E-state index in [1.54, 1.807) is 20.0 Å². The predicted octanol–water partition coefficient (Wildman–Crippen LogP) is 0.556. The van der Waals surface area contributed by atoms with Gasteiger partial charge in [0.05, 0.1) is 6.54 Å². The lowest BCUT2D eigenvalue weighted by Crippen LogP contribution is -2.40. The maximum Gasteiger partial charge on any atom is 0.325 e. The molecule has 0 unspecified atom stereocenters. The molecule has 2 rings (SSSR count). The number of thiazole rings is 1.